The first kappa shape index (κ1) is 18.2. The van der Waals surface area contributed by atoms with Crippen molar-refractivity contribution in [2.45, 2.75) is 42.2 Å². The van der Waals surface area contributed by atoms with Crippen molar-refractivity contribution in [3.05, 3.63) is 29.3 Å². The highest BCUT2D eigenvalue weighted by molar-refractivity contribution is 7.92. The summed E-state index contributed by atoms with van der Waals surface area (Å²) in [5.74, 6) is -1.17. The lowest BCUT2D eigenvalue weighted by molar-refractivity contribution is -0.118. The second-order valence-corrected chi connectivity index (χ2v) is 10.0. The maximum absolute atomic E-state index is 12.1. The van der Waals surface area contributed by atoms with Crippen LogP contribution in [-0.4, -0.2) is 33.7 Å². The Hall–Kier alpha value is -1.12. The summed E-state index contributed by atoms with van der Waals surface area (Å²) in [6.45, 7) is 0. The molecule has 0 bridgehead atoms. The molecule has 1 aliphatic carbocycles. The van der Waals surface area contributed by atoms with E-state index in [9.17, 15) is 21.6 Å². The average molecular weight is 380 g/mol. The Balaban J connectivity index is 1.95. The van der Waals surface area contributed by atoms with Crippen LogP contribution in [0.15, 0.2) is 29.2 Å². The van der Waals surface area contributed by atoms with E-state index in [4.69, 9.17) is 11.6 Å². The second-order valence-electron chi connectivity index (χ2n) is 5.51. The van der Waals surface area contributed by atoms with Crippen LogP contribution in [0, 0.1) is 0 Å². The summed E-state index contributed by atoms with van der Waals surface area (Å²) in [6, 6.07) is 5.33. The summed E-state index contributed by atoms with van der Waals surface area (Å²) in [5, 5.41) is -0.0268. The monoisotopic (exact) mass is 379 g/mol. The Morgan fingerprint density at radius 2 is 1.65 bits per heavy atom. The molecule has 0 atom stereocenters. The van der Waals surface area contributed by atoms with Crippen LogP contribution in [0.4, 0.5) is 0 Å². The van der Waals surface area contributed by atoms with Crippen LogP contribution in [-0.2, 0) is 24.7 Å². The summed E-state index contributed by atoms with van der Waals surface area (Å²) >= 11 is 5.68. The molecule has 23 heavy (non-hydrogen) atoms. The number of sulfonamides is 1. The number of carbonyl (C=O) groups is 1. The molecule has 0 spiro atoms. The first-order chi connectivity index (χ1) is 10.7. The van der Waals surface area contributed by atoms with Crippen LogP contribution in [0.5, 0.6) is 0 Å². The van der Waals surface area contributed by atoms with Crippen molar-refractivity contribution in [2.24, 2.45) is 0 Å². The van der Waals surface area contributed by atoms with Crippen molar-refractivity contribution in [3.8, 4) is 0 Å². The van der Waals surface area contributed by atoms with Crippen molar-refractivity contribution >= 4 is 37.4 Å². The molecule has 0 aromatic heterocycles. The third-order valence-electron chi connectivity index (χ3n) is 3.80. The van der Waals surface area contributed by atoms with Gasteiger partial charge in [-0.1, -0.05) is 24.4 Å². The van der Waals surface area contributed by atoms with E-state index in [0.717, 1.165) is 12.8 Å². The molecule has 1 fully saturated rings. The first-order valence-electron chi connectivity index (χ1n) is 7.23. The maximum Gasteiger partial charge on any atom is 0.264 e. The largest absolute Gasteiger partial charge is 0.274 e. The Labute approximate surface area is 141 Å². The van der Waals surface area contributed by atoms with Gasteiger partial charge in [-0.15, -0.1) is 0 Å². The van der Waals surface area contributed by atoms with E-state index in [-0.39, 0.29) is 17.1 Å². The van der Waals surface area contributed by atoms with Crippen LogP contribution in [0.2, 0.25) is 5.02 Å². The van der Waals surface area contributed by atoms with Crippen molar-refractivity contribution in [1.82, 2.24) is 4.72 Å². The molecule has 1 aromatic carbocycles. The highest BCUT2D eigenvalue weighted by atomic mass is 35.5. The number of halogens is 1. The fourth-order valence-electron chi connectivity index (χ4n) is 2.52. The molecule has 1 amide bonds. The van der Waals surface area contributed by atoms with E-state index in [0.29, 0.717) is 17.9 Å². The lowest BCUT2D eigenvalue weighted by atomic mass is 10.4. The van der Waals surface area contributed by atoms with E-state index < -0.39 is 31.0 Å². The zero-order chi connectivity index (χ0) is 17.1. The second kappa shape index (κ2) is 7.19. The maximum atomic E-state index is 12.1. The van der Waals surface area contributed by atoms with Gasteiger partial charge in [-0.2, -0.15) is 0 Å². The number of carbonyl (C=O) groups excluding carboxylic acids is 1. The third kappa shape index (κ3) is 4.92. The van der Waals surface area contributed by atoms with E-state index in [1.54, 1.807) is 0 Å². The van der Waals surface area contributed by atoms with Gasteiger partial charge in [0.15, 0.2) is 9.84 Å². The predicted octanol–water partition coefficient (Wildman–Crippen LogP) is 1.89. The molecule has 0 saturated heterocycles. The molecule has 0 heterocycles. The lowest BCUT2D eigenvalue weighted by Gasteiger charge is -2.11. The topological polar surface area (TPSA) is 97.4 Å². The Kier molecular flexibility index (Phi) is 5.70. The number of rotatable bonds is 6. The molecule has 2 rings (SSSR count). The van der Waals surface area contributed by atoms with Gasteiger partial charge in [0, 0.05) is 11.4 Å². The van der Waals surface area contributed by atoms with Gasteiger partial charge in [-0.3, -0.25) is 4.79 Å². The highest BCUT2D eigenvalue weighted by Crippen LogP contribution is 2.25. The summed E-state index contributed by atoms with van der Waals surface area (Å²) < 4.78 is 50.0. The van der Waals surface area contributed by atoms with Crippen LogP contribution in [0.25, 0.3) is 0 Å². The summed E-state index contributed by atoms with van der Waals surface area (Å²) in [6.07, 6.45) is 2.62. The zero-order valence-electron chi connectivity index (χ0n) is 12.4. The Morgan fingerprint density at radius 3 is 2.22 bits per heavy atom. The van der Waals surface area contributed by atoms with Gasteiger partial charge in [0.25, 0.3) is 10.0 Å². The molecule has 1 aromatic rings. The molecule has 0 unspecified atom stereocenters. The van der Waals surface area contributed by atoms with Crippen molar-refractivity contribution in [1.29, 1.82) is 0 Å². The summed E-state index contributed by atoms with van der Waals surface area (Å²) in [4.78, 5) is 11.7. The highest BCUT2D eigenvalue weighted by Gasteiger charge is 2.29. The standard InChI is InChI=1S/C14H18ClNO5S2/c15-11-5-7-13(8-6-11)23(20,21)16-14(17)9-10-22(18,19)12-3-1-2-4-12/h5-8,12H,1-4,9-10H2,(H,16,17). The van der Waals surface area contributed by atoms with Gasteiger partial charge in [0.2, 0.25) is 5.91 Å². The number of benzene rings is 1. The number of hydrogen-bond donors (Lipinski definition) is 1. The van der Waals surface area contributed by atoms with Gasteiger partial charge in [-0.25, -0.2) is 21.6 Å². The quantitative estimate of drug-likeness (QED) is 0.813. The summed E-state index contributed by atoms with van der Waals surface area (Å²) in [5.41, 5.74) is 0. The Morgan fingerprint density at radius 1 is 1.09 bits per heavy atom. The molecule has 1 aliphatic rings. The van der Waals surface area contributed by atoms with Crippen LogP contribution in [0.3, 0.4) is 0 Å². The number of amides is 1. The molecule has 0 aliphatic heterocycles. The van der Waals surface area contributed by atoms with Gasteiger partial charge < -0.3 is 0 Å². The number of hydrogen-bond acceptors (Lipinski definition) is 5. The molecular weight excluding hydrogens is 362 g/mol. The number of sulfone groups is 1. The molecule has 0 radical (unpaired) electrons. The minimum atomic E-state index is -4.02. The SMILES string of the molecule is O=C(CCS(=O)(=O)C1CCCC1)NS(=O)(=O)c1ccc(Cl)cc1. The number of nitrogens with one attached hydrogen (secondary N) is 1. The third-order valence-corrected chi connectivity index (χ3v) is 7.70. The van der Waals surface area contributed by atoms with Crippen molar-refractivity contribution < 1.29 is 21.6 Å². The van der Waals surface area contributed by atoms with Crippen LogP contribution < -0.4 is 4.72 Å². The molecule has 6 nitrogen and oxygen atoms in total. The van der Waals surface area contributed by atoms with E-state index >= 15 is 0 Å². The van der Waals surface area contributed by atoms with Gasteiger partial charge >= 0.3 is 0 Å². The van der Waals surface area contributed by atoms with Crippen molar-refractivity contribution in [2.75, 3.05) is 5.75 Å². The fourth-order valence-corrected chi connectivity index (χ4v) is 5.52. The lowest BCUT2D eigenvalue weighted by Crippen LogP contribution is -2.33. The predicted molar refractivity (Wildman–Crippen MR) is 87.4 cm³/mol. The smallest absolute Gasteiger partial charge is 0.264 e. The molecule has 1 saturated carbocycles. The van der Waals surface area contributed by atoms with Crippen LogP contribution >= 0.6 is 11.6 Å². The molecule has 9 heteroatoms. The van der Waals surface area contributed by atoms with Gasteiger partial charge in [0.05, 0.1) is 15.9 Å². The van der Waals surface area contributed by atoms with Gasteiger partial charge in [0.1, 0.15) is 0 Å². The van der Waals surface area contributed by atoms with E-state index in [2.05, 4.69) is 0 Å². The van der Waals surface area contributed by atoms with Gasteiger partial charge in [-0.05, 0) is 37.1 Å². The molecule has 1 N–H and O–H groups in total. The van der Waals surface area contributed by atoms with Crippen LogP contribution in [0.1, 0.15) is 32.1 Å². The average Bonchev–Trinajstić information content (AvgIpc) is 3.00. The zero-order valence-corrected chi connectivity index (χ0v) is 14.8. The van der Waals surface area contributed by atoms with E-state index in [1.165, 1.54) is 24.3 Å². The molecular formula is C14H18ClNO5S2. The summed E-state index contributed by atoms with van der Waals surface area (Å²) in [7, 11) is -7.37. The Bertz CT molecular complexity index is 766. The first-order valence-corrected chi connectivity index (χ1v) is 10.8. The minimum Gasteiger partial charge on any atom is -0.274 e. The molecule has 128 valence electrons. The van der Waals surface area contributed by atoms with E-state index in [1.807, 2.05) is 4.72 Å². The van der Waals surface area contributed by atoms with Crippen molar-refractivity contribution in [3.63, 3.8) is 0 Å². The fraction of sp³-hybridized carbons (Fsp3) is 0.500. The minimum absolute atomic E-state index is 0.103. The normalized spacial score (nSPS) is 16.4.